The summed E-state index contributed by atoms with van der Waals surface area (Å²) in [5.41, 5.74) is 2.03. The average molecular weight is 634 g/mol. The van der Waals surface area contributed by atoms with Crippen LogP contribution in [0.15, 0.2) is 108 Å². The fraction of sp³-hybridized carbons (Fsp3) is 0.0323. The van der Waals surface area contributed by atoms with Crippen molar-refractivity contribution >= 4 is 91.1 Å². The molecule has 0 aliphatic rings. The van der Waals surface area contributed by atoms with Crippen molar-refractivity contribution in [3.8, 4) is 0 Å². The third-order valence-electron chi connectivity index (χ3n) is 5.82. The van der Waals surface area contributed by atoms with Gasteiger partial charge < -0.3 is 16.0 Å². The summed E-state index contributed by atoms with van der Waals surface area (Å²) < 4.78 is 0.995. The van der Waals surface area contributed by atoms with Gasteiger partial charge in [-0.25, -0.2) is 4.98 Å². The van der Waals surface area contributed by atoms with Crippen molar-refractivity contribution in [1.29, 1.82) is 0 Å². The van der Waals surface area contributed by atoms with E-state index in [9.17, 15) is 14.4 Å². The average Bonchev–Trinajstić information content (AvgIpc) is 3.40. The zero-order valence-corrected chi connectivity index (χ0v) is 24.9. The quantitative estimate of drug-likeness (QED) is 0.114. The number of anilines is 2. The Morgan fingerprint density at radius 2 is 1.55 bits per heavy atom. The van der Waals surface area contributed by atoms with Gasteiger partial charge in [-0.2, -0.15) is 0 Å². The first kappa shape index (κ1) is 29.3. The van der Waals surface area contributed by atoms with E-state index < -0.39 is 11.8 Å². The molecule has 0 saturated carbocycles. The maximum atomic E-state index is 13.4. The number of nitrogens with zero attached hydrogens (tertiary/aromatic N) is 1. The molecule has 42 heavy (non-hydrogen) atoms. The van der Waals surface area contributed by atoms with E-state index in [1.54, 1.807) is 66.7 Å². The van der Waals surface area contributed by atoms with Crippen LogP contribution in [0.5, 0.6) is 0 Å². The fourth-order valence-corrected chi connectivity index (χ4v) is 5.97. The zero-order chi connectivity index (χ0) is 29.5. The molecule has 0 saturated heterocycles. The van der Waals surface area contributed by atoms with Gasteiger partial charge in [0.15, 0.2) is 5.13 Å². The predicted octanol–water partition coefficient (Wildman–Crippen LogP) is 7.74. The van der Waals surface area contributed by atoms with E-state index in [2.05, 4.69) is 20.9 Å². The third kappa shape index (κ3) is 7.57. The molecular weight excluding hydrogens is 611 g/mol. The van der Waals surface area contributed by atoms with Crippen LogP contribution in [0.3, 0.4) is 0 Å². The molecule has 1 aromatic heterocycles. The lowest BCUT2D eigenvalue weighted by Gasteiger charge is -2.13. The molecule has 0 aliphatic carbocycles. The maximum Gasteiger partial charge on any atom is 0.272 e. The second-order valence-electron chi connectivity index (χ2n) is 8.82. The van der Waals surface area contributed by atoms with Crippen molar-refractivity contribution in [2.24, 2.45) is 0 Å². The molecule has 0 spiro atoms. The van der Waals surface area contributed by atoms with E-state index in [1.807, 2.05) is 30.3 Å². The van der Waals surface area contributed by atoms with Gasteiger partial charge in [0.2, 0.25) is 5.91 Å². The number of carbonyl (C=O) groups excluding carboxylic acids is 3. The van der Waals surface area contributed by atoms with Crippen LogP contribution in [-0.4, -0.2) is 28.5 Å². The van der Waals surface area contributed by atoms with E-state index in [0.29, 0.717) is 32.0 Å². The molecule has 210 valence electrons. The summed E-state index contributed by atoms with van der Waals surface area (Å²) in [5.74, 6) is -1.09. The van der Waals surface area contributed by atoms with Gasteiger partial charge in [0.05, 0.1) is 16.0 Å². The number of aromatic nitrogens is 1. The summed E-state index contributed by atoms with van der Waals surface area (Å²) in [4.78, 5) is 44.1. The number of hydrogen-bond donors (Lipinski definition) is 3. The molecule has 11 heteroatoms. The Labute approximate surface area is 260 Å². The number of nitrogens with one attached hydrogen (secondary N) is 3. The highest BCUT2D eigenvalue weighted by molar-refractivity contribution is 8.00. The van der Waals surface area contributed by atoms with Crippen LogP contribution in [0.25, 0.3) is 16.3 Å². The first-order valence-electron chi connectivity index (χ1n) is 12.6. The lowest BCUT2D eigenvalue weighted by molar-refractivity contribution is -0.114. The summed E-state index contributed by atoms with van der Waals surface area (Å²) in [6.45, 7) is 0. The van der Waals surface area contributed by atoms with E-state index in [-0.39, 0.29) is 17.4 Å². The van der Waals surface area contributed by atoms with Crippen molar-refractivity contribution in [2.45, 2.75) is 4.90 Å². The number of thiazole rings is 1. The maximum absolute atomic E-state index is 13.4. The van der Waals surface area contributed by atoms with Crippen LogP contribution in [0.2, 0.25) is 10.0 Å². The molecule has 0 bridgehead atoms. The number of amides is 3. The summed E-state index contributed by atoms with van der Waals surface area (Å²) in [6.07, 6.45) is 1.44. The van der Waals surface area contributed by atoms with Crippen LogP contribution in [-0.2, 0) is 9.59 Å². The molecule has 0 fully saturated rings. The number of para-hydroxylation sites is 1. The van der Waals surface area contributed by atoms with Crippen molar-refractivity contribution in [3.63, 3.8) is 0 Å². The van der Waals surface area contributed by atoms with Crippen LogP contribution < -0.4 is 16.0 Å². The molecule has 5 aromatic rings. The molecular formula is C31H22Cl2N4O3S2. The van der Waals surface area contributed by atoms with Gasteiger partial charge in [-0.3, -0.25) is 14.4 Å². The Bertz CT molecular complexity index is 1760. The van der Waals surface area contributed by atoms with Crippen LogP contribution in [0.4, 0.5) is 10.8 Å². The molecule has 5 rings (SSSR count). The molecule has 7 nitrogen and oxygen atoms in total. The van der Waals surface area contributed by atoms with E-state index in [1.165, 1.54) is 29.2 Å². The monoisotopic (exact) mass is 632 g/mol. The van der Waals surface area contributed by atoms with Crippen LogP contribution >= 0.6 is 46.3 Å². The van der Waals surface area contributed by atoms with Crippen molar-refractivity contribution < 1.29 is 14.4 Å². The van der Waals surface area contributed by atoms with Crippen LogP contribution in [0.1, 0.15) is 15.9 Å². The Kier molecular flexibility index (Phi) is 9.55. The van der Waals surface area contributed by atoms with Crippen LogP contribution in [0, 0.1) is 0 Å². The topological polar surface area (TPSA) is 100 Å². The minimum absolute atomic E-state index is 0.0490. The highest BCUT2D eigenvalue weighted by atomic mass is 35.5. The third-order valence-corrected chi connectivity index (χ3v) is 8.42. The van der Waals surface area contributed by atoms with Gasteiger partial charge >= 0.3 is 0 Å². The molecule has 4 aromatic carbocycles. The second kappa shape index (κ2) is 13.7. The largest absolute Gasteiger partial charge is 0.321 e. The van der Waals surface area contributed by atoms with E-state index in [0.717, 1.165) is 15.1 Å². The molecule has 3 N–H and O–H groups in total. The van der Waals surface area contributed by atoms with Crippen molar-refractivity contribution in [1.82, 2.24) is 10.3 Å². The number of thioether (sulfide) groups is 1. The first-order chi connectivity index (χ1) is 20.4. The molecule has 0 atom stereocenters. The number of benzene rings is 4. The Hall–Kier alpha value is -4.15. The fourth-order valence-electron chi connectivity index (χ4n) is 3.83. The first-order valence-corrected chi connectivity index (χ1v) is 15.1. The second-order valence-corrected chi connectivity index (χ2v) is 11.7. The van der Waals surface area contributed by atoms with Gasteiger partial charge in [-0.15, -0.1) is 11.8 Å². The van der Waals surface area contributed by atoms with Gasteiger partial charge in [0.25, 0.3) is 11.8 Å². The number of hydrogen-bond acceptors (Lipinski definition) is 6. The van der Waals surface area contributed by atoms with Crippen molar-refractivity contribution in [2.75, 3.05) is 16.4 Å². The molecule has 0 aliphatic heterocycles. The van der Waals surface area contributed by atoms with E-state index in [4.69, 9.17) is 23.2 Å². The van der Waals surface area contributed by atoms with Gasteiger partial charge in [0, 0.05) is 31.8 Å². The summed E-state index contributed by atoms with van der Waals surface area (Å²) in [7, 11) is 0. The normalized spacial score (nSPS) is 11.2. The lowest BCUT2D eigenvalue weighted by atomic mass is 10.1. The zero-order valence-electron chi connectivity index (χ0n) is 21.8. The van der Waals surface area contributed by atoms with Crippen molar-refractivity contribution in [3.05, 3.63) is 124 Å². The number of carbonyl (C=O) groups is 3. The minimum Gasteiger partial charge on any atom is -0.321 e. The summed E-state index contributed by atoms with van der Waals surface area (Å²) in [6, 6.07) is 28.2. The van der Waals surface area contributed by atoms with Gasteiger partial charge in [-0.1, -0.05) is 77.0 Å². The molecule has 1 heterocycles. The lowest BCUT2D eigenvalue weighted by Crippen LogP contribution is -2.30. The SMILES string of the molecule is O=C(CSc1cccc(NC(=O)/C(=C\c2c(Cl)cccc2Cl)NC(=O)c2ccccc2)c1)Nc1nc2ccccc2s1. The molecule has 0 unspecified atom stereocenters. The predicted molar refractivity (Wildman–Crippen MR) is 172 cm³/mol. The Morgan fingerprint density at radius 3 is 2.31 bits per heavy atom. The molecule has 0 radical (unpaired) electrons. The Balaban J connectivity index is 1.28. The molecule has 3 amide bonds. The highest BCUT2D eigenvalue weighted by Crippen LogP contribution is 2.28. The highest BCUT2D eigenvalue weighted by Gasteiger charge is 2.17. The van der Waals surface area contributed by atoms with Gasteiger partial charge in [0.1, 0.15) is 5.70 Å². The number of halogens is 2. The summed E-state index contributed by atoms with van der Waals surface area (Å²) in [5, 5.41) is 9.51. The number of fused-ring (bicyclic) bond motifs is 1. The summed E-state index contributed by atoms with van der Waals surface area (Å²) >= 11 is 15.4. The van der Waals surface area contributed by atoms with Gasteiger partial charge in [-0.05, 0) is 60.7 Å². The van der Waals surface area contributed by atoms with E-state index >= 15 is 0 Å². The minimum atomic E-state index is -0.578. The number of rotatable bonds is 9. The smallest absolute Gasteiger partial charge is 0.272 e. The standard InChI is InChI=1S/C31H22Cl2N4O3S2/c32-23-12-7-13-24(33)22(23)17-26(35-29(39)19-8-2-1-3-9-19)30(40)34-20-10-6-11-21(16-20)41-18-28(38)37-31-36-25-14-4-5-15-27(25)42-31/h1-17H,18H2,(H,34,40)(H,35,39)(H,36,37,38)/b26-17+. The Morgan fingerprint density at radius 1 is 0.833 bits per heavy atom.